The van der Waals surface area contributed by atoms with Crippen molar-refractivity contribution in [3.63, 3.8) is 0 Å². The largest absolute Gasteiger partial charge is 0.326 e. The number of carbonyl (C=O) groups excluding carboxylic acids is 1. The summed E-state index contributed by atoms with van der Waals surface area (Å²) in [6, 6.07) is 17.5. The average molecular weight is 276 g/mol. The summed E-state index contributed by atoms with van der Waals surface area (Å²) in [5.74, 6) is -0.101. The van der Waals surface area contributed by atoms with E-state index in [1.54, 1.807) is 0 Å². The van der Waals surface area contributed by atoms with Crippen molar-refractivity contribution >= 4 is 23.2 Å². The molecule has 0 fully saturated rings. The number of nitrogens with one attached hydrogen (secondary N) is 1. The summed E-state index contributed by atoms with van der Waals surface area (Å²) in [6.07, 6.45) is 1.84. The van der Waals surface area contributed by atoms with Crippen molar-refractivity contribution < 1.29 is 4.79 Å². The van der Waals surface area contributed by atoms with Crippen molar-refractivity contribution in [2.75, 3.05) is 5.32 Å². The van der Waals surface area contributed by atoms with E-state index in [2.05, 4.69) is 11.4 Å². The van der Waals surface area contributed by atoms with Crippen LogP contribution in [0.4, 0.5) is 5.69 Å². The third-order valence-corrected chi connectivity index (χ3v) is 3.03. The van der Waals surface area contributed by atoms with Gasteiger partial charge in [-0.15, -0.1) is 0 Å². The third-order valence-electron chi connectivity index (χ3n) is 3.03. The van der Waals surface area contributed by atoms with Gasteiger partial charge in [-0.2, -0.15) is 5.26 Å². The first-order valence-electron chi connectivity index (χ1n) is 6.65. The molecular formula is C18H16N2O. The number of amides is 1. The maximum Gasteiger partial charge on any atom is 0.221 e. The minimum atomic E-state index is -0.101. The Balaban J connectivity index is 2.26. The summed E-state index contributed by atoms with van der Waals surface area (Å²) in [5, 5.41) is 12.0. The average Bonchev–Trinajstić information content (AvgIpc) is 2.47. The summed E-state index contributed by atoms with van der Waals surface area (Å²) in [7, 11) is 0. The van der Waals surface area contributed by atoms with E-state index in [0.29, 0.717) is 5.57 Å². The number of carbonyl (C=O) groups is 1. The van der Waals surface area contributed by atoms with E-state index in [-0.39, 0.29) is 5.91 Å². The number of nitrogens with zero attached hydrogens (tertiary/aromatic N) is 1. The molecule has 1 amide bonds. The van der Waals surface area contributed by atoms with Crippen LogP contribution < -0.4 is 5.32 Å². The molecule has 0 radical (unpaired) electrons. The number of anilines is 1. The Labute approximate surface area is 124 Å². The minimum Gasteiger partial charge on any atom is -0.326 e. The smallest absolute Gasteiger partial charge is 0.221 e. The SMILES string of the molecule is CC(=O)Nc1ccc(/C=C(/C#N)c2ccc(C)cc2)cc1. The zero-order valence-electron chi connectivity index (χ0n) is 12.1. The van der Waals surface area contributed by atoms with Crippen molar-refractivity contribution in [2.24, 2.45) is 0 Å². The van der Waals surface area contributed by atoms with E-state index in [9.17, 15) is 10.1 Å². The summed E-state index contributed by atoms with van der Waals surface area (Å²) in [6.45, 7) is 3.49. The van der Waals surface area contributed by atoms with Crippen LogP contribution in [0.15, 0.2) is 48.5 Å². The number of rotatable bonds is 3. The van der Waals surface area contributed by atoms with E-state index in [0.717, 1.165) is 22.4 Å². The molecule has 0 heterocycles. The third kappa shape index (κ3) is 4.05. The fourth-order valence-electron chi connectivity index (χ4n) is 1.95. The Bertz CT molecular complexity index is 704. The molecule has 0 aliphatic heterocycles. The highest BCUT2D eigenvalue weighted by atomic mass is 16.1. The van der Waals surface area contributed by atoms with Crippen molar-refractivity contribution in [1.29, 1.82) is 5.26 Å². The van der Waals surface area contributed by atoms with Gasteiger partial charge in [0.2, 0.25) is 5.91 Å². The topological polar surface area (TPSA) is 52.9 Å². The maximum absolute atomic E-state index is 11.0. The molecule has 2 aromatic rings. The van der Waals surface area contributed by atoms with E-state index in [1.807, 2.05) is 61.5 Å². The second-order valence-corrected chi connectivity index (χ2v) is 4.84. The highest BCUT2D eigenvalue weighted by molar-refractivity contribution is 5.91. The second kappa shape index (κ2) is 6.53. The van der Waals surface area contributed by atoms with Crippen molar-refractivity contribution in [2.45, 2.75) is 13.8 Å². The fourth-order valence-corrected chi connectivity index (χ4v) is 1.95. The molecule has 0 unspecified atom stereocenters. The molecule has 0 atom stereocenters. The van der Waals surface area contributed by atoms with Gasteiger partial charge in [0.15, 0.2) is 0 Å². The Kier molecular flexibility index (Phi) is 4.53. The van der Waals surface area contributed by atoms with Crippen LogP contribution in [-0.4, -0.2) is 5.91 Å². The van der Waals surface area contributed by atoms with Crippen LogP contribution in [0.25, 0.3) is 11.6 Å². The molecule has 0 aromatic heterocycles. The van der Waals surface area contributed by atoms with Crippen LogP contribution in [0.1, 0.15) is 23.6 Å². The Morgan fingerprint density at radius 3 is 2.24 bits per heavy atom. The number of nitriles is 1. The van der Waals surface area contributed by atoms with Crippen molar-refractivity contribution in [1.82, 2.24) is 0 Å². The van der Waals surface area contributed by atoms with Gasteiger partial charge >= 0.3 is 0 Å². The molecule has 3 nitrogen and oxygen atoms in total. The Hall–Kier alpha value is -2.86. The molecule has 104 valence electrons. The molecule has 2 rings (SSSR count). The number of hydrogen-bond donors (Lipinski definition) is 1. The molecule has 3 heteroatoms. The van der Waals surface area contributed by atoms with Crippen LogP contribution >= 0.6 is 0 Å². The van der Waals surface area contributed by atoms with E-state index < -0.39 is 0 Å². The van der Waals surface area contributed by atoms with Gasteiger partial charge in [-0.3, -0.25) is 4.79 Å². The number of allylic oxidation sites excluding steroid dienone is 1. The lowest BCUT2D eigenvalue weighted by atomic mass is 10.0. The number of hydrogen-bond acceptors (Lipinski definition) is 2. The summed E-state index contributed by atoms with van der Waals surface area (Å²) in [5.41, 5.74) is 4.33. The fraction of sp³-hybridized carbons (Fsp3) is 0.111. The van der Waals surface area contributed by atoms with Gasteiger partial charge in [-0.1, -0.05) is 42.0 Å². The van der Waals surface area contributed by atoms with Crippen molar-refractivity contribution in [3.05, 3.63) is 65.2 Å². The summed E-state index contributed by atoms with van der Waals surface area (Å²) < 4.78 is 0. The van der Waals surface area contributed by atoms with E-state index in [4.69, 9.17) is 0 Å². The van der Waals surface area contributed by atoms with Crippen LogP contribution in [0.3, 0.4) is 0 Å². The first kappa shape index (κ1) is 14.5. The van der Waals surface area contributed by atoms with Crippen LogP contribution in [0.2, 0.25) is 0 Å². The van der Waals surface area contributed by atoms with Gasteiger partial charge in [-0.25, -0.2) is 0 Å². The highest BCUT2D eigenvalue weighted by Crippen LogP contribution is 2.19. The van der Waals surface area contributed by atoms with E-state index in [1.165, 1.54) is 6.92 Å². The van der Waals surface area contributed by atoms with E-state index >= 15 is 0 Å². The molecule has 0 saturated carbocycles. The standard InChI is InChI=1S/C18H16N2O/c1-13-3-7-16(8-4-13)17(12-19)11-15-5-9-18(10-6-15)20-14(2)21/h3-11H,1-2H3,(H,20,21)/b17-11-. The number of aryl methyl sites for hydroxylation is 1. The second-order valence-electron chi connectivity index (χ2n) is 4.84. The van der Waals surface area contributed by atoms with Gasteiger partial charge in [-0.05, 0) is 36.3 Å². The Morgan fingerprint density at radius 2 is 1.71 bits per heavy atom. The summed E-state index contributed by atoms with van der Waals surface area (Å²) in [4.78, 5) is 11.0. The van der Waals surface area contributed by atoms with Gasteiger partial charge in [0.05, 0.1) is 11.6 Å². The van der Waals surface area contributed by atoms with Crippen molar-refractivity contribution in [3.8, 4) is 6.07 Å². The lowest BCUT2D eigenvalue weighted by molar-refractivity contribution is -0.114. The predicted octanol–water partition coefficient (Wildman–Crippen LogP) is 4.02. The highest BCUT2D eigenvalue weighted by Gasteiger charge is 2.01. The molecular weight excluding hydrogens is 260 g/mol. The van der Waals surface area contributed by atoms with Crippen LogP contribution in [-0.2, 0) is 4.79 Å². The lowest BCUT2D eigenvalue weighted by Crippen LogP contribution is -2.05. The number of benzene rings is 2. The first-order valence-corrected chi connectivity index (χ1v) is 6.65. The molecule has 0 aliphatic rings. The molecule has 0 spiro atoms. The van der Waals surface area contributed by atoms with Crippen LogP contribution in [0.5, 0.6) is 0 Å². The molecule has 0 bridgehead atoms. The van der Waals surface area contributed by atoms with Gasteiger partial charge in [0, 0.05) is 12.6 Å². The monoisotopic (exact) mass is 276 g/mol. The molecule has 1 N–H and O–H groups in total. The summed E-state index contributed by atoms with van der Waals surface area (Å²) >= 11 is 0. The predicted molar refractivity (Wildman–Crippen MR) is 85.4 cm³/mol. The van der Waals surface area contributed by atoms with Gasteiger partial charge in [0.25, 0.3) is 0 Å². The van der Waals surface area contributed by atoms with Gasteiger partial charge < -0.3 is 5.32 Å². The zero-order chi connectivity index (χ0) is 15.2. The molecule has 0 aliphatic carbocycles. The molecule has 0 saturated heterocycles. The normalized spacial score (nSPS) is 10.8. The quantitative estimate of drug-likeness (QED) is 0.680. The van der Waals surface area contributed by atoms with Gasteiger partial charge in [0.1, 0.15) is 0 Å². The zero-order valence-corrected chi connectivity index (χ0v) is 12.1. The first-order chi connectivity index (χ1) is 10.1. The lowest BCUT2D eigenvalue weighted by Gasteiger charge is -2.03. The Morgan fingerprint density at radius 1 is 1.10 bits per heavy atom. The minimum absolute atomic E-state index is 0.101. The maximum atomic E-state index is 11.0. The molecule has 2 aromatic carbocycles. The van der Waals surface area contributed by atoms with Crippen LogP contribution in [0, 0.1) is 18.3 Å². The molecule has 21 heavy (non-hydrogen) atoms.